The highest BCUT2D eigenvalue weighted by molar-refractivity contribution is 8.01. The summed E-state index contributed by atoms with van der Waals surface area (Å²) in [6.45, 7) is 6.09. The molecule has 0 saturated carbocycles. The fraction of sp³-hybridized carbons (Fsp3) is 0.417. The van der Waals surface area contributed by atoms with Crippen molar-refractivity contribution in [2.75, 3.05) is 16.8 Å². The molecule has 0 spiro atoms. The number of hydrogen-bond donors (Lipinski definition) is 2. The number of hydrogen-bond acceptors (Lipinski definition) is 3. The predicted octanol–water partition coefficient (Wildman–Crippen LogP) is 2.88. The molecule has 0 aliphatic carbocycles. The standard InChI is InChI=1S/C12H17FN2OS/c1-12(2,3)17-7-11(16)15-10-6-8(13)4-5-9(10)14/h4-6H,7,14H2,1-3H3,(H,15,16). The number of anilines is 2. The Hall–Kier alpha value is -1.23. The predicted molar refractivity (Wildman–Crippen MR) is 71.7 cm³/mol. The summed E-state index contributed by atoms with van der Waals surface area (Å²) in [6, 6.07) is 3.91. The molecular weight excluding hydrogens is 239 g/mol. The summed E-state index contributed by atoms with van der Waals surface area (Å²) in [4.78, 5) is 11.6. The van der Waals surface area contributed by atoms with E-state index < -0.39 is 5.82 Å². The van der Waals surface area contributed by atoms with Crippen LogP contribution in [-0.2, 0) is 4.79 Å². The third kappa shape index (κ3) is 5.08. The highest BCUT2D eigenvalue weighted by Crippen LogP contribution is 2.24. The molecule has 1 aromatic carbocycles. The van der Waals surface area contributed by atoms with Crippen LogP contribution in [0.25, 0.3) is 0 Å². The first-order chi connectivity index (χ1) is 7.78. The zero-order valence-corrected chi connectivity index (χ0v) is 11.0. The van der Waals surface area contributed by atoms with E-state index >= 15 is 0 Å². The monoisotopic (exact) mass is 256 g/mol. The molecule has 1 aromatic rings. The van der Waals surface area contributed by atoms with Crippen molar-refractivity contribution in [3.05, 3.63) is 24.0 Å². The van der Waals surface area contributed by atoms with Crippen LogP contribution in [0, 0.1) is 5.82 Å². The zero-order chi connectivity index (χ0) is 13.1. The van der Waals surface area contributed by atoms with E-state index in [-0.39, 0.29) is 10.7 Å². The Balaban J connectivity index is 2.59. The fourth-order valence-electron chi connectivity index (χ4n) is 1.11. The average Bonchev–Trinajstić information content (AvgIpc) is 2.20. The van der Waals surface area contributed by atoms with Crippen LogP contribution < -0.4 is 11.1 Å². The van der Waals surface area contributed by atoms with E-state index in [1.54, 1.807) is 0 Å². The van der Waals surface area contributed by atoms with Crippen LogP contribution in [0.2, 0.25) is 0 Å². The summed E-state index contributed by atoms with van der Waals surface area (Å²) in [5.41, 5.74) is 6.32. The Morgan fingerprint density at radius 3 is 2.71 bits per heavy atom. The third-order valence-corrected chi connectivity index (χ3v) is 3.20. The van der Waals surface area contributed by atoms with Gasteiger partial charge in [-0.15, -0.1) is 11.8 Å². The maximum Gasteiger partial charge on any atom is 0.234 e. The summed E-state index contributed by atoms with van der Waals surface area (Å²) in [7, 11) is 0. The molecule has 5 heteroatoms. The van der Waals surface area contributed by atoms with Gasteiger partial charge in [0.05, 0.1) is 17.1 Å². The lowest BCUT2D eigenvalue weighted by atomic mass is 10.2. The largest absolute Gasteiger partial charge is 0.397 e. The quantitative estimate of drug-likeness (QED) is 0.818. The molecule has 94 valence electrons. The number of amides is 1. The minimum atomic E-state index is -0.419. The van der Waals surface area contributed by atoms with Gasteiger partial charge < -0.3 is 11.1 Å². The van der Waals surface area contributed by atoms with Gasteiger partial charge in [-0.2, -0.15) is 0 Å². The van der Waals surface area contributed by atoms with E-state index in [1.807, 2.05) is 20.8 Å². The van der Waals surface area contributed by atoms with Crippen molar-refractivity contribution in [2.24, 2.45) is 0 Å². The van der Waals surface area contributed by atoms with Gasteiger partial charge in [0, 0.05) is 4.75 Å². The van der Waals surface area contributed by atoms with E-state index in [4.69, 9.17) is 5.73 Å². The lowest BCUT2D eigenvalue weighted by molar-refractivity contribution is -0.113. The van der Waals surface area contributed by atoms with Crippen LogP contribution in [0.4, 0.5) is 15.8 Å². The molecule has 1 amide bonds. The van der Waals surface area contributed by atoms with Gasteiger partial charge in [0.15, 0.2) is 0 Å². The van der Waals surface area contributed by atoms with Crippen molar-refractivity contribution in [2.45, 2.75) is 25.5 Å². The Morgan fingerprint density at radius 2 is 2.12 bits per heavy atom. The van der Waals surface area contributed by atoms with E-state index in [0.29, 0.717) is 17.1 Å². The molecule has 17 heavy (non-hydrogen) atoms. The smallest absolute Gasteiger partial charge is 0.234 e. The summed E-state index contributed by atoms with van der Waals surface area (Å²) in [5, 5.41) is 2.60. The summed E-state index contributed by atoms with van der Waals surface area (Å²) in [6.07, 6.45) is 0. The van der Waals surface area contributed by atoms with E-state index in [1.165, 1.54) is 30.0 Å². The van der Waals surface area contributed by atoms with Crippen LogP contribution in [-0.4, -0.2) is 16.4 Å². The van der Waals surface area contributed by atoms with E-state index in [9.17, 15) is 9.18 Å². The molecular formula is C12H17FN2OS. The summed E-state index contributed by atoms with van der Waals surface area (Å²) in [5.74, 6) is -0.278. The minimum Gasteiger partial charge on any atom is -0.397 e. The van der Waals surface area contributed by atoms with Gasteiger partial charge >= 0.3 is 0 Å². The first kappa shape index (κ1) is 13.8. The summed E-state index contributed by atoms with van der Waals surface area (Å²) >= 11 is 1.52. The van der Waals surface area contributed by atoms with Crippen molar-refractivity contribution in [1.82, 2.24) is 0 Å². The zero-order valence-electron chi connectivity index (χ0n) is 10.2. The first-order valence-electron chi connectivity index (χ1n) is 5.27. The Kier molecular flexibility index (Phi) is 4.40. The van der Waals surface area contributed by atoms with Crippen molar-refractivity contribution < 1.29 is 9.18 Å². The topological polar surface area (TPSA) is 55.1 Å². The first-order valence-corrected chi connectivity index (χ1v) is 6.25. The number of rotatable bonds is 3. The van der Waals surface area contributed by atoms with Crippen LogP contribution in [0.15, 0.2) is 18.2 Å². The molecule has 0 bridgehead atoms. The number of thioether (sulfide) groups is 1. The number of carbonyl (C=O) groups excluding carboxylic acids is 1. The number of benzene rings is 1. The molecule has 1 rings (SSSR count). The maximum atomic E-state index is 13.0. The fourth-order valence-corrected chi connectivity index (χ4v) is 1.74. The summed E-state index contributed by atoms with van der Waals surface area (Å²) < 4.78 is 13.0. The van der Waals surface area contributed by atoms with Gasteiger partial charge in [0.2, 0.25) is 5.91 Å². The second-order valence-corrected chi connectivity index (χ2v) is 6.48. The lowest BCUT2D eigenvalue weighted by Gasteiger charge is -2.17. The molecule has 0 aromatic heterocycles. The molecule has 0 radical (unpaired) electrons. The Labute approximate surface area is 105 Å². The maximum absolute atomic E-state index is 13.0. The second kappa shape index (κ2) is 5.40. The van der Waals surface area contributed by atoms with Gasteiger partial charge in [-0.1, -0.05) is 20.8 Å². The van der Waals surface area contributed by atoms with Gasteiger partial charge in [0.25, 0.3) is 0 Å². The molecule has 0 fully saturated rings. The molecule has 0 atom stereocenters. The minimum absolute atomic E-state index is 0.0187. The molecule has 0 aliphatic rings. The van der Waals surface area contributed by atoms with Crippen molar-refractivity contribution in [1.29, 1.82) is 0 Å². The average molecular weight is 256 g/mol. The number of halogens is 1. The van der Waals surface area contributed by atoms with Crippen molar-refractivity contribution in [3.8, 4) is 0 Å². The Morgan fingerprint density at radius 1 is 1.47 bits per heavy atom. The highest BCUT2D eigenvalue weighted by Gasteiger charge is 2.14. The van der Waals surface area contributed by atoms with Crippen molar-refractivity contribution >= 4 is 29.0 Å². The van der Waals surface area contributed by atoms with Crippen LogP contribution in [0.5, 0.6) is 0 Å². The van der Waals surface area contributed by atoms with Crippen molar-refractivity contribution in [3.63, 3.8) is 0 Å². The van der Waals surface area contributed by atoms with Gasteiger partial charge in [0.1, 0.15) is 5.82 Å². The van der Waals surface area contributed by atoms with Crippen LogP contribution in [0.1, 0.15) is 20.8 Å². The Bertz CT molecular complexity index is 415. The van der Waals surface area contributed by atoms with Gasteiger partial charge in [-0.3, -0.25) is 4.79 Å². The molecule has 0 aliphatic heterocycles. The normalized spacial score (nSPS) is 11.3. The van der Waals surface area contributed by atoms with Crippen LogP contribution in [0.3, 0.4) is 0 Å². The molecule has 3 nitrogen and oxygen atoms in total. The van der Waals surface area contributed by atoms with E-state index in [2.05, 4.69) is 5.32 Å². The molecule has 0 heterocycles. The lowest BCUT2D eigenvalue weighted by Crippen LogP contribution is -2.19. The third-order valence-electron chi connectivity index (χ3n) is 1.93. The number of carbonyl (C=O) groups is 1. The second-order valence-electron chi connectivity index (χ2n) is 4.68. The highest BCUT2D eigenvalue weighted by atomic mass is 32.2. The molecule has 0 saturated heterocycles. The SMILES string of the molecule is CC(C)(C)SCC(=O)Nc1cc(F)ccc1N. The van der Waals surface area contributed by atoms with Crippen LogP contribution >= 0.6 is 11.8 Å². The number of nitrogens with two attached hydrogens (primary N) is 1. The number of nitrogen functional groups attached to an aromatic ring is 1. The molecule has 0 unspecified atom stereocenters. The van der Waals surface area contributed by atoms with E-state index in [0.717, 1.165) is 0 Å². The molecule has 3 N–H and O–H groups in total. The van der Waals surface area contributed by atoms with Gasteiger partial charge in [-0.25, -0.2) is 4.39 Å². The number of nitrogens with one attached hydrogen (secondary N) is 1. The van der Waals surface area contributed by atoms with Gasteiger partial charge in [-0.05, 0) is 18.2 Å².